The highest BCUT2D eigenvalue weighted by molar-refractivity contribution is 5.58. The number of tetrazole rings is 1. The molecule has 0 unspecified atom stereocenters. The summed E-state index contributed by atoms with van der Waals surface area (Å²) in [5.74, 6) is 0.389. The molecule has 2 rings (SSSR count). The average molecular weight is 277 g/mol. The first-order valence-corrected chi connectivity index (χ1v) is 6.22. The van der Waals surface area contributed by atoms with Gasteiger partial charge < -0.3 is 4.74 Å². The van der Waals surface area contributed by atoms with Gasteiger partial charge in [-0.05, 0) is 18.1 Å². The maximum atomic E-state index is 10.7. The van der Waals surface area contributed by atoms with Gasteiger partial charge in [0.25, 0.3) is 5.69 Å². The number of rotatable bonds is 7. The number of nitro groups is 1. The van der Waals surface area contributed by atoms with Gasteiger partial charge in [0.2, 0.25) is 5.82 Å². The number of benzene rings is 1. The van der Waals surface area contributed by atoms with E-state index in [4.69, 9.17) is 4.74 Å². The molecule has 1 heterocycles. The second kappa shape index (κ2) is 6.71. The number of aromatic nitrogens is 4. The van der Waals surface area contributed by atoms with Crippen molar-refractivity contribution in [2.75, 3.05) is 13.7 Å². The Bertz CT molecular complexity index is 584. The number of non-ortho nitro benzene ring substituents is 1. The van der Waals surface area contributed by atoms with E-state index in [0.717, 1.165) is 12.8 Å². The molecule has 0 bridgehead atoms. The van der Waals surface area contributed by atoms with Gasteiger partial charge in [-0.15, -0.1) is 10.2 Å². The number of nitro benzene ring substituents is 1. The van der Waals surface area contributed by atoms with Crippen LogP contribution in [0.4, 0.5) is 5.69 Å². The molecule has 0 fully saturated rings. The van der Waals surface area contributed by atoms with Crippen molar-refractivity contribution < 1.29 is 9.66 Å². The van der Waals surface area contributed by atoms with Crippen LogP contribution in [-0.2, 0) is 11.3 Å². The van der Waals surface area contributed by atoms with Crippen molar-refractivity contribution in [1.29, 1.82) is 0 Å². The fraction of sp³-hybridized carbons (Fsp3) is 0.417. The quantitative estimate of drug-likeness (QED) is 0.434. The summed E-state index contributed by atoms with van der Waals surface area (Å²) in [6.07, 6.45) is 1.81. The van der Waals surface area contributed by atoms with Gasteiger partial charge in [-0.1, -0.05) is 12.1 Å². The Labute approximate surface area is 115 Å². The SMILES string of the molecule is COCCCCn1nnc(-c2cccc([N+](=O)[O-])c2)n1. The predicted molar refractivity (Wildman–Crippen MR) is 71.0 cm³/mol. The summed E-state index contributed by atoms with van der Waals surface area (Å²) in [7, 11) is 1.66. The lowest BCUT2D eigenvalue weighted by Gasteiger charge is -1.98. The smallest absolute Gasteiger partial charge is 0.270 e. The molecule has 0 N–H and O–H groups in total. The van der Waals surface area contributed by atoms with Crippen molar-refractivity contribution in [3.63, 3.8) is 0 Å². The normalized spacial score (nSPS) is 10.7. The molecule has 8 nitrogen and oxygen atoms in total. The third kappa shape index (κ3) is 3.58. The van der Waals surface area contributed by atoms with Gasteiger partial charge in [-0.3, -0.25) is 10.1 Å². The van der Waals surface area contributed by atoms with Gasteiger partial charge in [0.15, 0.2) is 0 Å². The molecule has 2 aromatic rings. The average Bonchev–Trinajstić information content (AvgIpc) is 2.92. The Morgan fingerprint density at radius 3 is 3.00 bits per heavy atom. The molecule has 106 valence electrons. The van der Waals surface area contributed by atoms with E-state index in [1.54, 1.807) is 19.2 Å². The Morgan fingerprint density at radius 1 is 1.40 bits per heavy atom. The molecule has 0 aliphatic rings. The Hall–Kier alpha value is -2.35. The van der Waals surface area contributed by atoms with Crippen LogP contribution < -0.4 is 0 Å². The summed E-state index contributed by atoms with van der Waals surface area (Å²) < 4.78 is 4.96. The van der Waals surface area contributed by atoms with Crippen LogP contribution in [0, 0.1) is 10.1 Å². The summed E-state index contributed by atoms with van der Waals surface area (Å²) in [6.45, 7) is 1.34. The van der Waals surface area contributed by atoms with E-state index < -0.39 is 4.92 Å². The van der Waals surface area contributed by atoms with E-state index in [9.17, 15) is 10.1 Å². The Morgan fingerprint density at radius 2 is 2.25 bits per heavy atom. The van der Waals surface area contributed by atoms with Crippen molar-refractivity contribution in [2.45, 2.75) is 19.4 Å². The first kappa shape index (κ1) is 14.1. The van der Waals surface area contributed by atoms with Crippen molar-refractivity contribution >= 4 is 5.69 Å². The van der Waals surface area contributed by atoms with Crippen molar-refractivity contribution in [1.82, 2.24) is 20.2 Å². The maximum Gasteiger partial charge on any atom is 0.270 e. The van der Waals surface area contributed by atoms with E-state index in [1.807, 2.05) is 0 Å². The molecule has 0 amide bonds. The van der Waals surface area contributed by atoms with Crippen molar-refractivity contribution in [3.05, 3.63) is 34.4 Å². The third-order valence-corrected chi connectivity index (χ3v) is 2.72. The summed E-state index contributed by atoms with van der Waals surface area (Å²) in [5.41, 5.74) is 0.598. The molecule has 8 heteroatoms. The van der Waals surface area contributed by atoms with Crippen molar-refractivity contribution in [3.8, 4) is 11.4 Å². The topological polar surface area (TPSA) is 96.0 Å². The van der Waals surface area contributed by atoms with Gasteiger partial charge in [0.05, 0.1) is 11.5 Å². The van der Waals surface area contributed by atoms with Crippen molar-refractivity contribution in [2.24, 2.45) is 0 Å². The third-order valence-electron chi connectivity index (χ3n) is 2.72. The lowest BCUT2D eigenvalue weighted by atomic mass is 10.2. The fourth-order valence-corrected chi connectivity index (χ4v) is 1.71. The van der Waals surface area contributed by atoms with Crippen LogP contribution >= 0.6 is 0 Å². The first-order valence-electron chi connectivity index (χ1n) is 6.22. The number of ether oxygens (including phenoxy) is 1. The van der Waals surface area contributed by atoms with E-state index >= 15 is 0 Å². The summed E-state index contributed by atoms with van der Waals surface area (Å²) in [5, 5.41) is 22.8. The molecular formula is C12H15N5O3. The van der Waals surface area contributed by atoms with Crippen LogP contribution in [-0.4, -0.2) is 38.8 Å². The van der Waals surface area contributed by atoms with E-state index in [2.05, 4.69) is 15.4 Å². The summed E-state index contributed by atoms with van der Waals surface area (Å²) in [4.78, 5) is 11.8. The Kier molecular flexibility index (Phi) is 4.72. The van der Waals surface area contributed by atoms with Crippen LogP contribution in [0.3, 0.4) is 0 Å². The highest BCUT2D eigenvalue weighted by Gasteiger charge is 2.11. The molecule has 1 aromatic heterocycles. The predicted octanol–water partition coefficient (Wildman–Crippen LogP) is 1.67. The lowest BCUT2D eigenvalue weighted by Crippen LogP contribution is -2.03. The van der Waals surface area contributed by atoms with Gasteiger partial charge in [0, 0.05) is 31.4 Å². The van der Waals surface area contributed by atoms with Gasteiger partial charge >= 0.3 is 0 Å². The fourth-order valence-electron chi connectivity index (χ4n) is 1.71. The Balaban J connectivity index is 2.04. The second-order valence-corrected chi connectivity index (χ2v) is 4.22. The number of hydrogen-bond donors (Lipinski definition) is 0. The number of aryl methyl sites for hydroxylation is 1. The molecular weight excluding hydrogens is 262 g/mol. The van der Waals surface area contributed by atoms with Crippen LogP contribution in [0.1, 0.15) is 12.8 Å². The van der Waals surface area contributed by atoms with E-state index in [0.29, 0.717) is 24.5 Å². The zero-order valence-electron chi connectivity index (χ0n) is 11.1. The lowest BCUT2D eigenvalue weighted by molar-refractivity contribution is -0.384. The number of nitrogens with zero attached hydrogens (tertiary/aromatic N) is 5. The minimum Gasteiger partial charge on any atom is -0.385 e. The molecule has 0 aliphatic heterocycles. The summed E-state index contributed by atoms with van der Waals surface area (Å²) in [6, 6.07) is 6.19. The van der Waals surface area contributed by atoms with Gasteiger partial charge in [-0.2, -0.15) is 4.80 Å². The minimum absolute atomic E-state index is 0.0129. The van der Waals surface area contributed by atoms with Crippen LogP contribution in [0.5, 0.6) is 0 Å². The number of methoxy groups -OCH3 is 1. The molecule has 0 saturated heterocycles. The number of unbranched alkanes of at least 4 members (excludes halogenated alkanes) is 1. The molecule has 0 spiro atoms. The maximum absolute atomic E-state index is 10.7. The van der Waals surface area contributed by atoms with Gasteiger partial charge in [0.1, 0.15) is 0 Å². The number of hydrogen-bond acceptors (Lipinski definition) is 6. The molecule has 0 saturated carbocycles. The summed E-state index contributed by atoms with van der Waals surface area (Å²) >= 11 is 0. The first-order chi connectivity index (χ1) is 9.70. The van der Waals surface area contributed by atoms with Crippen LogP contribution in [0.2, 0.25) is 0 Å². The van der Waals surface area contributed by atoms with E-state index in [1.165, 1.54) is 16.9 Å². The highest BCUT2D eigenvalue weighted by atomic mass is 16.6. The molecule has 0 radical (unpaired) electrons. The zero-order valence-corrected chi connectivity index (χ0v) is 11.1. The molecule has 1 aromatic carbocycles. The zero-order chi connectivity index (χ0) is 14.4. The minimum atomic E-state index is -0.446. The molecule has 0 aliphatic carbocycles. The molecule has 20 heavy (non-hydrogen) atoms. The van der Waals surface area contributed by atoms with E-state index in [-0.39, 0.29) is 5.69 Å². The monoisotopic (exact) mass is 277 g/mol. The molecule has 0 atom stereocenters. The van der Waals surface area contributed by atoms with Crippen LogP contribution in [0.15, 0.2) is 24.3 Å². The highest BCUT2D eigenvalue weighted by Crippen LogP contribution is 2.19. The standard InChI is InChI=1S/C12H15N5O3/c1-20-8-3-2-7-16-14-12(13-15-16)10-5-4-6-11(9-10)17(18)19/h4-6,9H,2-3,7-8H2,1H3. The largest absolute Gasteiger partial charge is 0.385 e. The van der Waals surface area contributed by atoms with Gasteiger partial charge in [-0.25, -0.2) is 0 Å². The second-order valence-electron chi connectivity index (χ2n) is 4.22. The van der Waals surface area contributed by atoms with Crippen LogP contribution in [0.25, 0.3) is 11.4 Å².